The lowest BCUT2D eigenvalue weighted by Crippen LogP contribution is -2.39. The second-order valence-corrected chi connectivity index (χ2v) is 9.02. The van der Waals surface area contributed by atoms with Gasteiger partial charge in [0.25, 0.3) is 11.7 Å². The van der Waals surface area contributed by atoms with E-state index in [-0.39, 0.29) is 11.3 Å². The number of hydrogen-bond acceptors (Lipinski definition) is 7. The number of carbonyl (C=O) groups is 2. The number of fused-ring (bicyclic) bond motifs is 1. The van der Waals surface area contributed by atoms with Crippen molar-refractivity contribution in [2.75, 3.05) is 39.4 Å². The van der Waals surface area contributed by atoms with E-state index in [9.17, 15) is 14.7 Å². The molecule has 1 unspecified atom stereocenters. The van der Waals surface area contributed by atoms with Crippen LogP contribution >= 0.6 is 0 Å². The van der Waals surface area contributed by atoms with Crippen LogP contribution in [0.25, 0.3) is 11.4 Å². The van der Waals surface area contributed by atoms with Crippen LogP contribution in [0.1, 0.15) is 35.0 Å². The van der Waals surface area contributed by atoms with E-state index in [1.54, 1.807) is 23.4 Å². The summed E-state index contributed by atoms with van der Waals surface area (Å²) in [5.74, 6) is -1.57. The number of nitrogens with zero attached hydrogens (tertiary/aromatic N) is 5. The van der Waals surface area contributed by atoms with Crippen molar-refractivity contribution < 1.29 is 19.4 Å². The van der Waals surface area contributed by atoms with Gasteiger partial charge in [0.2, 0.25) is 0 Å². The molecule has 3 aromatic rings. The molecule has 9 nitrogen and oxygen atoms in total. The molecule has 0 radical (unpaired) electrons. The fraction of sp³-hybridized carbons (Fsp3) is 0.385. The summed E-state index contributed by atoms with van der Waals surface area (Å²) in [7, 11) is 0. The topological polar surface area (TPSA) is 100 Å². The number of aryl methyl sites for hydroxylation is 2. The van der Waals surface area contributed by atoms with Gasteiger partial charge in [0.05, 0.1) is 30.5 Å². The minimum atomic E-state index is -0.723. The first-order valence-corrected chi connectivity index (χ1v) is 11.9. The number of likely N-dealkylation sites (tertiary alicyclic amines) is 1. The molecule has 0 aliphatic carbocycles. The van der Waals surface area contributed by atoms with Crippen LogP contribution in [0.5, 0.6) is 0 Å². The fourth-order valence-electron chi connectivity index (χ4n) is 4.96. The summed E-state index contributed by atoms with van der Waals surface area (Å²) in [4.78, 5) is 39.1. The molecule has 9 heteroatoms. The van der Waals surface area contributed by atoms with E-state index < -0.39 is 17.7 Å². The number of aliphatic hydroxyl groups is 1. The number of pyridine rings is 2. The molecule has 1 amide bonds. The molecule has 5 rings (SSSR count). The Balaban J connectivity index is 1.53. The third kappa shape index (κ3) is 4.21. The molecule has 0 saturated carbocycles. The van der Waals surface area contributed by atoms with Crippen LogP contribution in [0, 0.1) is 13.8 Å². The summed E-state index contributed by atoms with van der Waals surface area (Å²) in [6.07, 6.45) is 5.85. The third-order valence-corrected chi connectivity index (χ3v) is 6.83. The number of carbonyl (C=O) groups excluding carboxylic acids is 2. The molecule has 2 aliphatic rings. The first-order chi connectivity index (χ1) is 17.0. The Hall–Kier alpha value is -3.56. The van der Waals surface area contributed by atoms with E-state index in [0.717, 1.165) is 25.2 Å². The van der Waals surface area contributed by atoms with Gasteiger partial charge in [-0.05, 0) is 43.5 Å². The number of imidazole rings is 1. The summed E-state index contributed by atoms with van der Waals surface area (Å²) < 4.78 is 7.28. The van der Waals surface area contributed by atoms with Gasteiger partial charge in [0.15, 0.2) is 5.76 Å². The smallest absolute Gasteiger partial charge is 0.295 e. The summed E-state index contributed by atoms with van der Waals surface area (Å²) in [6, 6.07) is 6.71. The maximum absolute atomic E-state index is 13.3. The molecule has 3 aromatic heterocycles. The molecule has 0 bridgehead atoms. The van der Waals surface area contributed by atoms with Crippen molar-refractivity contribution in [3.8, 4) is 0 Å². The number of ether oxygens (including phenoxy) is 1. The minimum Gasteiger partial charge on any atom is -0.505 e. The van der Waals surface area contributed by atoms with Crippen molar-refractivity contribution >= 4 is 23.1 Å². The fourth-order valence-corrected chi connectivity index (χ4v) is 4.96. The van der Waals surface area contributed by atoms with Crippen molar-refractivity contribution in [2.45, 2.75) is 26.3 Å². The van der Waals surface area contributed by atoms with Gasteiger partial charge in [-0.3, -0.25) is 19.5 Å². The second kappa shape index (κ2) is 9.59. The van der Waals surface area contributed by atoms with E-state index in [1.807, 2.05) is 42.6 Å². The van der Waals surface area contributed by atoms with E-state index in [0.29, 0.717) is 48.8 Å². The van der Waals surface area contributed by atoms with Gasteiger partial charge in [-0.25, -0.2) is 4.98 Å². The van der Waals surface area contributed by atoms with Crippen LogP contribution in [-0.2, 0) is 14.3 Å². The van der Waals surface area contributed by atoms with Gasteiger partial charge in [0, 0.05) is 44.8 Å². The van der Waals surface area contributed by atoms with Crippen LogP contribution in [0.4, 0.5) is 0 Å². The maximum atomic E-state index is 13.3. The Morgan fingerprint density at radius 3 is 2.66 bits per heavy atom. The highest BCUT2D eigenvalue weighted by atomic mass is 16.5. The van der Waals surface area contributed by atoms with Crippen LogP contribution < -0.4 is 0 Å². The Bertz CT molecular complexity index is 1290. The number of morpholine rings is 1. The Morgan fingerprint density at radius 1 is 1.14 bits per heavy atom. The van der Waals surface area contributed by atoms with Crippen molar-refractivity contribution in [3.63, 3.8) is 0 Å². The number of ketones is 1. The van der Waals surface area contributed by atoms with Gasteiger partial charge >= 0.3 is 0 Å². The normalized spacial score (nSPS) is 20.7. The van der Waals surface area contributed by atoms with Crippen molar-refractivity contribution in [1.82, 2.24) is 24.2 Å². The third-order valence-electron chi connectivity index (χ3n) is 6.83. The van der Waals surface area contributed by atoms with Crippen molar-refractivity contribution in [3.05, 3.63) is 70.9 Å². The lowest BCUT2D eigenvalue weighted by Gasteiger charge is -2.29. The Labute approximate surface area is 203 Å². The van der Waals surface area contributed by atoms with Gasteiger partial charge in [0.1, 0.15) is 11.3 Å². The monoisotopic (exact) mass is 475 g/mol. The van der Waals surface area contributed by atoms with E-state index in [4.69, 9.17) is 4.74 Å². The zero-order valence-electron chi connectivity index (χ0n) is 20.0. The first kappa shape index (κ1) is 23.2. The highest BCUT2D eigenvalue weighted by molar-refractivity contribution is 6.46. The zero-order valence-corrected chi connectivity index (χ0v) is 20.0. The molecular formula is C26H29N5O4. The Kier molecular flexibility index (Phi) is 6.36. The van der Waals surface area contributed by atoms with Gasteiger partial charge < -0.3 is 19.1 Å². The summed E-state index contributed by atoms with van der Waals surface area (Å²) in [6.45, 7) is 8.10. The highest BCUT2D eigenvalue weighted by Crippen LogP contribution is 2.39. The predicted octanol–water partition coefficient (Wildman–Crippen LogP) is 2.49. The van der Waals surface area contributed by atoms with Crippen LogP contribution in [0.15, 0.2) is 48.4 Å². The molecule has 0 spiro atoms. The number of aliphatic hydroxyl groups excluding tert-OH is 1. The largest absolute Gasteiger partial charge is 0.505 e. The SMILES string of the molecule is Cc1cccn2c(C)c(C(O)=C3C(=O)C(=O)N(CCCN4CCOCC4)C3c3cccnc3)nc12. The average molecular weight is 476 g/mol. The molecule has 35 heavy (non-hydrogen) atoms. The number of aromatic nitrogens is 3. The molecule has 2 saturated heterocycles. The minimum absolute atomic E-state index is 0.0542. The lowest BCUT2D eigenvalue weighted by molar-refractivity contribution is -0.140. The summed E-state index contributed by atoms with van der Waals surface area (Å²) in [5, 5.41) is 11.4. The first-order valence-electron chi connectivity index (χ1n) is 11.9. The summed E-state index contributed by atoms with van der Waals surface area (Å²) in [5.41, 5.74) is 3.38. The predicted molar refractivity (Wildman–Crippen MR) is 130 cm³/mol. The molecule has 2 fully saturated rings. The molecular weight excluding hydrogens is 446 g/mol. The van der Waals surface area contributed by atoms with Crippen LogP contribution in [0.3, 0.4) is 0 Å². The van der Waals surface area contributed by atoms with Gasteiger partial charge in [-0.15, -0.1) is 0 Å². The molecule has 0 aromatic carbocycles. The zero-order chi connectivity index (χ0) is 24.5. The number of rotatable bonds is 6. The molecule has 1 N–H and O–H groups in total. The van der Waals surface area contributed by atoms with E-state index >= 15 is 0 Å². The standard InChI is InChI=1S/C26H29N5O4/c1-17-6-4-10-30-18(2)21(28-25(17)30)23(32)20-22(19-7-3-8-27-16-19)31(26(34)24(20)33)11-5-9-29-12-14-35-15-13-29/h3-4,6-8,10,16,22,32H,5,9,11-15H2,1-2H3. The molecule has 5 heterocycles. The van der Waals surface area contributed by atoms with Crippen molar-refractivity contribution in [2.24, 2.45) is 0 Å². The second-order valence-electron chi connectivity index (χ2n) is 9.02. The maximum Gasteiger partial charge on any atom is 0.295 e. The number of hydrogen-bond donors (Lipinski definition) is 1. The Morgan fingerprint density at radius 2 is 1.94 bits per heavy atom. The van der Waals surface area contributed by atoms with Crippen molar-refractivity contribution in [1.29, 1.82) is 0 Å². The summed E-state index contributed by atoms with van der Waals surface area (Å²) >= 11 is 0. The lowest BCUT2D eigenvalue weighted by atomic mass is 9.97. The number of amides is 1. The molecule has 1 atom stereocenters. The molecule has 2 aliphatic heterocycles. The van der Waals surface area contributed by atoms with Crippen LogP contribution in [0.2, 0.25) is 0 Å². The van der Waals surface area contributed by atoms with Gasteiger partial charge in [-0.2, -0.15) is 0 Å². The number of Topliss-reactive ketones (excluding diaryl/α,β-unsaturated/α-hetero) is 1. The highest BCUT2D eigenvalue weighted by Gasteiger charge is 2.46. The van der Waals surface area contributed by atoms with E-state index in [1.165, 1.54) is 0 Å². The quantitative estimate of drug-likeness (QED) is 0.332. The van der Waals surface area contributed by atoms with Crippen LogP contribution in [-0.4, -0.2) is 80.4 Å². The van der Waals surface area contributed by atoms with E-state index in [2.05, 4.69) is 14.9 Å². The van der Waals surface area contributed by atoms with Gasteiger partial charge in [-0.1, -0.05) is 12.1 Å². The average Bonchev–Trinajstić information content (AvgIpc) is 3.35. The molecule has 182 valence electrons.